The Morgan fingerprint density at radius 2 is 2.24 bits per heavy atom. The lowest BCUT2D eigenvalue weighted by Crippen LogP contribution is -2.39. The molecule has 0 saturated carbocycles. The average molecular weight is 242 g/mol. The summed E-state index contributed by atoms with van der Waals surface area (Å²) in [7, 11) is 0. The van der Waals surface area contributed by atoms with Crippen molar-refractivity contribution >= 4 is 11.9 Å². The molecule has 2 N–H and O–H groups in total. The topological polar surface area (TPSA) is 102 Å². The molecule has 7 nitrogen and oxygen atoms in total. The second-order valence-corrected chi connectivity index (χ2v) is 3.73. The summed E-state index contributed by atoms with van der Waals surface area (Å²) < 4.78 is 5.93. The van der Waals surface area contributed by atoms with Crippen molar-refractivity contribution in [1.82, 2.24) is 9.78 Å². The molecule has 1 unspecified atom stereocenters. The van der Waals surface area contributed by atoms with E-state index in [2.05, 4.69) is 5.10 Å². The Labute approximate surface area is 97.6 Å². The molecular formula is C10H14N2O5. The summed E-state index contributed by atoms with van der Waals surface area (Å²) in [4.78, 5) is 22.0. The Bertz CT molecular complexity index is 424. The maximum Gasteiger partial charge on any atom is 0.341 e. The SMILES string of the molecule is CCOC(=O)c1cnn(CC(C)(O)C(=O)O)c1. The zero-order valence-corrected chi connectivity index (χ0v) is 9.58. The van der Waals surface area contributed by atoms with Crippen LogP contribution in [0.15, 0.2) is 12.4 Å². The predicted molar refractivity (Wildman–Crippen MR) is 56.4 cm³/mol. The molecule has 0 aliphatic heterocycles. The monoisotopic (exact) mass is 242 g/mol. The van der Waals surface area contributed by atoms with E-state index in [9.17, 15) is 14.7 Å². The normalized spacial score (nSPS) is 14.1. The van der Waals surface area contributed by atoms with E-state index in [0.29, 0.717) is 0 Å². The molecule has 0 bridgehead atoms. The van der Waals surface area contributed by atoms with Gasteiger partial charge in [-0.3, -0.25) is 4.68 Å². The van der Waals surface area contributed by atoms with Crippen molar-refractivity contribution in [3.05, 3.63) is 18.0 Å². The van der Waals surface area contributed by atoms with Crippen LogP contribution in [0.1, 0.15) is 24.2 Å². The minimum absolute atomic E-state index is 0.216. The van der Waals surface area contributed by atoms with Crippen LogP contribution in [0.3, 0.4) is 0 Å². The molecule has 0 aliphatic rings. The first-order valence-corrected chi connectivity index (χ1v) is 5.02. The summed E-state index contributed by atoms with van der Waals surface area (Å²) >= 11 is 0. The van der Waals surface area contributed by atoms with Crippen LogP contribution in [0, 0.1) is 0 Å². The van der Waals surface area contributed by atoms with Crippen molar-refractivity contribution in [3.63, 3.8) is 0 Å². The zero-order chi connectivity index (χ0) is 13.1. The third-order valence-corrected chi connectivity index (χ3v) is 2.07. The van der Waals surface area contributed by atoms with E-state index in [1.54, 1.807) is 6.92 Å². The molecule has 1 rings (SSSR count). The number of carbonyl (C=O) groups is 2. The fourth-order valence-corrected chi connectivity index (χ4v) is 1.15. The molecule has 0 aromatic carbocycles. The lowest BCUT2D eigenvalue weighted by molar-refractivity contribution is -0.158. The molecule has 0 fully saturated rings. The van der Waals surface area contributed by atoms with Crippen molar-refractivity contribution in [3.8, 4) is 0 Å². The molecule has 0 spiro atoms. The summed E-state index contributed by atoms with van der Waals surface area (Å²) in [6, 6.07) is 0. The predicted octanol–water partition coefficient (Wildman–Crippen LogP) is -0.105. The highest BCUT2D eigenvalue weighted by molar-refractivity contribution is 5.88. The van der Waals surface area contributed by atoms with Gasteiger partial charge in [0.1, 0.15) is 0 Å². The van der Waals surface area contributed by atoms with Crippen LogP contribution in [0.5, 0.6) is 0 Å². The van der Waals surface area contributed by atoms with Gasteiger partial charge in [-0.25, -0.2) is 9.59 Å². The highest BCUT2D eigenvalue weighted by atomic mass is 16.5. The van der Waals surface area contributed by atoms with Gasteiger partial charge in [-0.05, 0) is 13.8 Å². The van der Waals surface area contributed by atoms with Gasteiger partial charge in [0, 0.05) is 6.20 Å². The Hall–Kier alpha value is -1.89. The smallest absolute Gasteiger partial charge is 0.341 e. The quantitative estimate of drug-likeness (QED) is 0.699. The summed E-state index contributed by atoms with van der Waals surface area (Å²) in [5.41, 5.74) is -1.72. The molecule has 94 valence electrons. The number of carboxylic acid groups (broad SMARTS) is 1. The number of carboxylic acids is 1. The van der Waals surface area contributed by atoms with Gasteiger partial charge in [0.25, 0.3) is 0 Å². The Morgan fingerprint density at radius 1 is 1.59 bits per heavy atom. The van der Waals surface area contributed by atoms with Crippen molar-refractivity contribution < 1.29 is 24.5 Å². The van der Waals surface area contributed by atoms with Crippen molar-refractivity contribution in [2.75, 3.05) is 6.61 Å². The molecule has 1 heterocycles. The number of aliphatic carboxylic acids is 1. The number of rotatable bonds is 5. The summed E-state index contributed by atoms with van der Waals surface area (Å²) in [5.74, 6) is -1.89. The number of hydrogen-bond donors (Lipinski definition) is 2. The molecule has 1 aromatic heterocycles. The van der Waals surface area contributed by atoms with Crippen LogP contribution in [-0.4, -0.2) is 44.1 Å². The van der Waals surface area contributed by atoms with Gasteiger partial charge in [0.15, 0.2) is 5.60 Å². The van der Waals surface area contributed by atoms with Gasteiger partial charge in [-0.2, -0.15) is 5.10 Å². The number of ether oxygens (including phenoxy) is 1. The maximum absolute atomic E-state index is 11.3. The number of aliphatic hydroxyl groups is 1. The van der Waals surface area contributed by atoms with E-state index >= 15 is 0 Å². The zero-order valence-electron chi connectivity index (χ0n) is 9.58. The van der Waals surface area contributed by atoms with Gasteiger partial charge < -0.3 is 14.9 Å². The molecule has 7 heteroatoms. The highest BCUT2D eigenvalue weighted by Gasteiger charge is 2.31. The molecule has 0 saturated heterocycles. The lowest BCUT2D eigenvalue weighted by atomic mass is 10.1. The Morgan fingerprint density at radius 3 is 2.76 bits per heavy atom. The van der Waals surface area contributed by atoms with E-state index in [1.807, 2.05) is 0 Å². The molecule has 17 heavy (non-hydrogen) atoms. The Balaban J connectivity index is 2.75. The second kappa shape index (κ2) is 4.96. The minimum atomic E-state index is -1.93. The van der Waals surface area contributed by atoms with Crippen LogP contribution in [-0.2, 0) is 16.1 Å². The summed E-state index contributed by atoms with van der Waals surface area (Å²) in [6.45, 7) is 2.83. The van der Waals surface area contributed by atoms with Gasteiger partial charge in [0.05, 0.1) is 24.9 Å². The average Bonchev–Trinajstić information content (AvgIpc) is 2.65. The first kappa shape index (κ1) is 13.2. The first-order valence-electron chi connectivity index (χ1n) is 5.02. The van der Waals surface area contributed by atoms with E-state index < -0.39 is 17.5 Å². The fourth-order valence-electron chi connectivity index (χ4n) is 1.15. The number of nitrogens with zero attached hydrogens (tertiary/aromatic N) is 2. The molecule has 0 aliphatic carbocycles. The molecule has 0 amide bonds. The maximum atomic E-state index is 11.3. The van der Waals surface area contributed by atoms with Crippen molar-refractivity contribution in [2.45, 2.75) is 26.0 Å². The largest absolute Gasteiger partial charge is 0.479 e. The van der Waals surface area contributed by atoms with Crippen LogP contribution in [0.2, 0.25) is 0 Å². The van der Waals surface area contributed by atoms with Crippen LogP contribution in [0.4, 0.5) is 0 Å². The number of hydrogen-bond acceptors (Lipinski definition) is 5. The third kappa shape index (κ3) is 3.28. The summed E-state index contributed by atoms with van der Waals surface area (Å²) in [5, 5.41) is 22.0. The lowest BCUT2D eigenvalue weighted by Gasteiger charge is -2.17. The van der Waals surface area contributed by atoms with Crippen LogP contribution < -0.4 is 0 Å². The number of aromatic nitrogens is 2. The van der Waals surface area contributed by atoms with Crippen LogP contribution in [0.25, 0.3) is 0 Å². The number of esters is 1. The van der Waals surface area contributed by atoms with Crippen molar-refractivity contribution in [1.29, 1.82) is 0 Å². The standard InChI is InChI=1S/C10H14N2O5/c1-3-17-8(13)7-4-11-12(5-7)6-10(2,16)9(14)15/h4-5,16H,3,6H2,1-2H3,(H,14,15). The van der Waals surface area contributed by atoms with Crippen molar-refractivity contribution in [2.24, 2.45) is 0 Å². The minimum Gasteiger partial charge on any atom is -0.479 e. The van der Waals surface area contributed by atoms with Crippen LogP contribution >= 0.6 is 0 Å². The number of carbonyl (C=O) groups excluding carboxylic acids is 1. The molecule has 1 aromatic rings. The van der Waals surface area contributed by atoms with E-state index in [-0.39, 0.29) is 18.7 Å². The molecular weight excluding hydrogens is 228 g/mol. The van der Waals surface area contributed by atoms with Gasteiger partial charge in [0.2, 0.25) is 0 Å². The van der Waals surface area contributed by atoms with Gasteiger partial charge in [-0.1, -0.05) is 0 Å². The van der Waals surface area contributed by atoms with Gasteiger partial charge in [-0.15, -0.1) is 0 Å². The van der Waals surface area contributed by atoms with Gasteiger partial charge >= 0.3 is 11.9 Å². The van der Waals surface area contributed by atoms with E-state index in [4.69, 9.17) is 9.84 Å². The van der Waals surface area contributed by atoms with E-state index in [1.165, 1.54) is 17.1 Å². The molecule has 0 radical (unpaired) electrons. The fraction of sp³-hybridized carbons (Fsp3) is 0.500. The van der Waals surface area contributed by atoms with E-state index in [0.717, 1.165) is 6.92 Å². The summed E-state index contributed by atoms with van der Waals surface area (Å²) in [6.07, 6.45) is 2.59. The Kier molecular flexibility index (Phi) is 3.84. The second-order valence-electron chi connectivity index (χ2n) is 3.73. The molecule has 1 atom stereocenters. The highest BCUT2D eigenvalue weighted by Crippen LogP contribution is 2.08. The first-order chi connectivity index (χ1) is 7.86. The third-order valence-electron chi connectivity index (χ3n) is 2.07.